The number of ether oxygens (including phenoxy) is 1. The molecule has 2 heteroatoms. The molecule has 0 saturated carbocycles. The lowest BCUT2D eigenvalue weighted by atomic mass is 10.1. The van der Waals surface area contributed by atoms with Crippen LogP contribution in [-0.2, 0) is 4.74 Å². The van der Waals surface area contributed by atoms with Crippen LogP contribution >= 0.6 is 0 Å². The zero-order valence-corrected chi connectivity index (χ0v) is 8.02. The summed E-state index contributed by atoms with van der Waals surface area (Å²) in [6.07, 6.45) is 2.38. The lowest BCUT2D eigenvalue weighted by Gasteiger charge is -2.10. The van der Waals surface area contributed by atoms with Gasteiger partial charge in [0.1, 0.15) is 0 Å². The van der Waals surface area contributed by atoms with Gasteiger partial charge in [-0.1, -0.05) is 13.8 Å². The van der Waals surface area contributed by atoms with E-state index in [0.717, 1.165) is 32.0 Å². The van der Waals surface area contributed by atoms with E-state index in [0.29, 0.717) is 0 Å². The largest absolute Gasteiger partial charge is 0.385 e. The van der Waals surface area contributed by atoms with Crippen LogP contribution in [-0.4, -0.2) is 26.8 Å². The molecule has 0 aliphatic carbocycles. The van der Waals surface area contributed by atoms with Gasteiger partial charge in [0.15, 0.2) is 0 Å². The van der Waals surface area contributed by atoms with Gasteiger partial charge in [-0.3, -0.25) is 0 Å². The second-order valence-corrected chi connectivity index (χ2v) is 3.09. The van der Waals surface area contributed by atoms with Gasteiger partial charge in [0, 0.05) is 13.7 Å². The third kappa shape index (κ3) is 7.82. The predicted molar refractivity (Wildman–Crippen MR) is 48.8 cm³/mol. The minimum atomic E-state index is 0.737. The maximum atomic E-state index is 4.99. The Morgan fingerprint density at radius 3 is 2.73 bits per heavy atom. The quantitative estimate of drug-likeness (QED) is 0.570. The van der Waals surface area contributed by atoms with Crippen molar-refractivity contribution in [1.82, 2.24) is 5.32 Å². The Hall–Kier alpha value is -0.0800. The van der Waals surface area contributed by atoms with Crippen LogP contribution in [0.4, 0.5) is 0 Å². The van der Waals surface area contributed by atoms with Crippen molar-refractivity contribution in [2.75, 3.05) is 26.8 Å². The molecule has 0 aliphatic rings. The van der Waals surface area contributed by atoms with E-state index in [1.165, 1.54) is 6.42 Å². The van der Waals surface area contributed by atoms with Gasteiger partial charge in [0.2, 0.25) is 0 Å². The zero-order valence-electron chi connectivity index (χ0n) is 8.02. The van der Waals surface area contributed by atoms with E-state index < -0.39 is 0 Å². The lowest BCUT2D eigenvalue weighted by molar-refractivity contribution is 0.179. The molecule has 68 valence electrons. The molecule has 0 aromatic carbocycles. The third-order valence-corrected chi connectivity index (χ3v) is 1.73. The van der Waals surface area contributed by atoms with E-state index in [2.05, 4.69) is 19.2 Å². The van der Waals surface area contributed by atoms with Crippen molar-refractivity contribution in [3.05, 3.63) is 0 Å². The molecule has 1 N–H and O–H groups in total. The summed E-state index contributed by atoms with van der Waals surface area (Å²) in [5, 5.41) is 3.39. The molecule has 0 aromatic heterocycles. The topological polar surface area (TPSA) is 21.3 Å². The molecule has 0 amide bonds. The normalized spacial score (nSPS) is 13.4. The summed E-state index contributed by atoms with van der Waals surface area (Å²) >= 11 is 0. The third-order valence-electron chi connectivity index (χ3n) is 1.73. The highest BCUT2D eigenvalue weighted by Crippen LogP contribution is 1.98. The molecule has 1 atom stereocenters. The smallest absolute Gasteiger partial charge is 0.0465 e. The highest BCUT2D eigenvalue weighted by Gasteiger charge is 1.99. The van der Waals surface area contributed by atoms with Crippen molar-refractivity contribution in [1.29, 1.82) is 0 Å². The molecular formula is C9H21NO. The Morgan fingerprint density at radius 1 is 1.45 bits per heavy atom. The Bertz CT molecular complexity index is 76.0. The Morgan fingerprint density at radius 2 is 2.18 bits per heavy atom. The van der Waals surface area contributed by atoms with Crippen molar-refractivity contribution >= 4 is 0 Å². The average Bonchev–Trinajstić information content (AvgIpc) is 2.01. The van der Waals surface area contributed by atoms with Crippen molar-refractivity contribution in [2.45, 2.75) is 26.7 Å². The lowest BCUT2D eigenvalue weighted by Crippen LogP contribution is -2.22. The molecular weight excluding hydrogens is 138 g/mol. The number of hydrogen-bond donors (Lipinski definition) is 1. The number of methoxy groups -OCH3 is 1. The van der Waals surface area contributed by atoms with E-state index in [-0.39, 0.29) is 0 Å². The standard InChI is InChI=1S/C9H21NO/c1-4-6-10-8-9(2)5-7-11-3/h9-10H,4-8H2,1-3H3. The molecule has 0 fully saturated rings. The van der Waals surface area contributed by atoms with Crippen LogP contribution in [0, 0.1) is 5.92 Å². The minimum Gasteiger partial charge on any atom is -0.385 e. The second-order valence-electron chi connectivity index (χ2n) is 3.09. The molecule has 0 radical (unpaired) electrons. The molecule has 1 unspecified atom stereocenters. The van der Waals surface area contributed by atoms with Crippen LogP contribution in [0.25, 0.3) is 0 Å². The molecule has 0 spiro atoms. The summed E-state index contributed by atoms with van der Waals surface area (Å²) in [5.41, 5.74) is 0. The highest BCUT2D eigenvalue weighted by atomic mass is 16.5. The number of rotatable bonds is 7. The number of nitrogens with one attached hydrogen (secondary N) is 1. The van der Waals surface area contributed by atoms with Crippen molar-refractivity contribution in [3.8, 4) is 0 Å². The fourth-order valence-electron chi connectivity index (χ4n) is 0.946. The van der Waals surface area contributed by atoms with Gasteiger partial charge in [-0.2, -0.15) is 0 Å². The van der Waals surface area contributed by atoms with Crippen molar-refractivity contribution in [2.24, 2.45) is 5.92 Å². The maximum Gasteiger partial charge on any atom is 0.0465 e. The SMILES string of the molecule is CCCNCC(C)CCOC. The van der Waals surface area contributed by atoms with Crippen LogP contribution in [0.2, 0.25) is 0 Å². The van der Waals surface area contributed by atoms with E-state index in [9.17, 15) is 0 Å². The van der Waals surface area contributed by atoms with Gasteiger partial charge in [-0.15, -0.1) is 0 Å². The molecule has 0 bridgehead atoms. The summed E-state index contributed by atoms with van der Waals surface area (Å²) in [6, 6.07) is 0. The van der Waals surface area contributed by atoms with Gasteiger partial charge in [-0.05, 0) is 31.8 Å². The molecule has 2 nitrogen and oxygen atoms in total. The minimum absolute atomic E-state index is 0.737. The molecule has 0 heterocycles. The fourth-order valence-corrected chi connectivity index (χ4v) is 0.946. The first kappa shape index (κ1) is 10.9. The Labute approximate surface area is 70.3 Å². The highest BCUT2D eigenvalue weighted by molar-refractivity contribution is 4.55. The van der Waals surface area contributed by atoms with Crippen LogP contribution < -0.4 is 5.32 Å². The second kappa shape index (κ2) is 8.02. The van der Waals surface area contributed by atoms with E-state index >= 15 is 0 Å². The summed E-state index contributed by atoms with van der Waals surface area (Å²) in [5.74, 6) is 0.737. The first-order valence-electron chi connectivity index (χ1n) is 4.50. The van der Waals surface area contributed by atoms with E-state index in [1.807, 2.05) is 0 Å². The summed E-state index contributed by atoms with van der Waals surface area (Å²) in [4.78, 5) is 0. The molecule has 0 rings (SSSR count). The van der Waals surface area contributed by atoms with Gasteiger partial charge in [0.25, 0.3) is 0 Å². The number of hydrogen-bond acceptors (Lipinski definition) is 2. The Kier molecular flexibility index (Phi) is 7.96. The van der Waals surface area contributed by atoms with Crippen molar-refractivity contribution < 1.29 is 4.74 Å². The first-order chi connectivity index (χ1) is 5.31. The van der Waals surface area contributed by atoms with Crippen LogP contribution in [0.3, 0.4) is 0 Å². The molecule has 0 aliphatic heterocycles. The predicted octanol–water partition coefficient (Wildman–Crippen LogP) is 1.66. The van der Waals surface area contributed by atoms with E-state index in [4.69, 9.17) is 4.74 Å². The van der Waals surface area contributed by atoms with Crippen LogP contribution in [0.1, 0.15) is 26.7 Å². The van der Waals surface area contributed by atoms with Gasteiger partial charge >= 0.3 is 0 Å². The fraction of sp³-hybridized carbons (Fsp3) is 1.00. The van der Waals surface area contributed by atoms with E-state index in [1.54, 1.807) is 7.11 Å². The summed E-state index contributed by atoms with van der Waals surface area (Å²) < 4.78 is 4.99. The van der Waals surface area contributed by atoms with Gasteiger partial charge in [0.05, 0.1) is 0 Å². The molecule has 0 saturated heterocycles. The summed E-state index contributed by atoms with van der Waals surface area (Å²) in [6.45, 7) is 7.58. The van der Waals surface area contributed by atoms with Crippen LogP contribution in [0.15, 0.2) is 0 Å². The molecule has 0 aromatic rings. The average molecular weight is 159 g/mol. The first-order valence-corrected chi connectivity index (χ1v) is 4.50. The van der Waals surface area contributed by atoms with Crippen LogP contribution in [0.5, 0.6) is 0 Å². The van der Waals surface area contributed by atoms with Gasteiger partial charge < -0.3 is 10.1 Å². The summed E-state index contributed by atoms with van der Waals surface area (Å²) in [7, 11) is 1.76. The maximum absolute atomic E-state index is 4.99. The van der Waals surface area contributed by atoms with Crippen molar-refractivity contribution in [3.63, 3.8) is 0 Å². The monoisotopic (exact) mass is 159 g/mol. The van der Waals surface area contributed by atoms with Gasteiger partial charge in [-0.25, -0.2) is 0 Å². The zero-order chi connectivity index (χ0) is 8.53. The Balaban J connectivity index is 3.02. The molecule has 11 heavy (non-hydrogen) atoms.